The summed E-state index contributed by atoms with van der Waals surface area (Å²) in [4.78, 5) is 0. The number of nitrogens with two attached hydrogens (primary N) is 1. The summed E-state index contributed by atoms with van der Waals surface area (Å²) in [6, 6.07) is 3.33. The van der Waals surface area contributed by atoms with Gasteiger partial charge in [-0.3, -0.25) is 0 Å². The number of hydrogen-bond acceptors (Lipinski definition) is 3. The van der Waals surface area contributed by atoms with Gasteiger partial charge in [0.25, 0.3) is 0 Å². The molecule has 0 amide bonds. The molecule has 0 aliphatic rings. The van der Waals surface area contributed by atoms with E-state index >= 15 is 0 Å². The Bertz CT molecular complexity index is 370. The molecule has 3 N–H and O–H groups in total. The van der Waals surface area contributed by atoms with E-state index < -0.39 is 0 Å². The maximum Gasteiger partial charge on any atom is 0.176 e. The van der Waals surface area contributed by atoms with Gasteiger partial charge in [-0.05, 0) is 30.0 Å². The van der Waals surface area contributed by atoms with Crippen LogP contribution in [0, 0.1) is 5.92 Å². The molecule has 17 heavy (non-hydrogen) atoms. The van der Waals surface area contributed by atoms with Crippen molar-refractivity contribution in [2.75, 3.05) is 7.11 Å². The molecule has 1 atom stereocenters. The molecule has 3 nitrogen and oxygen atoms in total. The van der Waals surface area contributed by atoms with Crippen molar-refractivity contribution in [2.45, 2.75) is 26.3 Å². The van der Waals surface area contributed by atoms with Crippen LogP contribution < -0.4 is 10.5 Å². The Kier molecular flexibility index (Phi) is 6.68. The van der Waals surface area contributed by atoms with Crippen molar-refractivity contribution in [2.24, 2.45) is 11.7 Å². The Morgan fingerprint density at radius 1 is 1.41 bits per heavy atom. The molecule has 0 unspecified atom stereocenters. The van der Waals surface area contributed by atoms with Crippen LogP contribution in [0.4, 0.5) is 0 Å². The van der Waals surface area contributed by atoms with Crippen LogP contribution in [0.5, 0.6) is 11.5 Å². The van der Waals surface area contributed by atoms with Crippen molar-refractivity contribution in [3.63, 3.8) is 0 Å². The van der Waals surface area contributed by atoms with Gasteiger partial charge in [0.15, 0.2) is 11.5 Å². The Hall–Kier alpha value is -0.640. The number of halogens is 2. The summed E-state index contributed by atoms with van der Waals surface area (Å²) in [6.07, 6.45) is 0.865. The van der Waals surface area contributed by atoms with Gasteiger partial charge in [0.1, 0.15) is 0 Å². The average Bonchev–Trinajstić information content (AvgIpc) is 2.20. The molecule has 0 heterocycles. The SMILES string of the molecule is COc1cc([C@H](N)CC(C)C)cc(Cl)c1O.Cl. The van der Waals surface area contributed by atoms with Crippen molar-refractivity contribution >= 4 is 24.0 Å². The number of phenolic OH excluding ortho intramolecular Hbond substituents is 1. The first-order valence-electron chi connectivity index (χ1n) is 5.27. The zero-order valence-electron chi connectivity index (χ0n) is 10.2. The summed E-state index contributed by atoms with van der Waals surface area (Å²) in [7, 11) is 1.49. The molecule has 0 spiro atoms. The molecule has 0 fully saturated rings. The van der Waals surface area contributed by atoms with E-state index in [1.807, 2.05) is 0 Å². The lowest BCUT2D eigenvalue weighted by atomic mass is 9.97. The number of methoxy groups -OCH3 is 1. The van der Waals surface area contributed by atoms with Crippen molar-refractivity contribution < 1.29 is 9.84 Å². The molecule has 1 rings (SSSR count). The maximum atomic E-state index is 9.59. The van der Waals surface area contributed by atoms with E-state index in [9.17, 15) is 5.11 Å². The van der Waals surface area contributed by atoms with Gasteiger partial charge in [0.2, 0.25) is 0 Å². The normalized spacial score (nSPS) is 12.1. The quantitative estimate of drug-likeness (QED) is 0.887. The van der Waals surface area contributed by atoms with E-state index in [0.717, 1.165) is 12.0 Å². The lowest BCUT2D eigenvalue weighted by molar-refractivity contribution is 0.372. The van der Waals surface area contributed by atoms with Crippen LogP contribution in [0.25, 0.3) is 0 Å². The lowest BCUT2D eigenvalue weighted by Crippen LogP contribution is -2.13. The minimum Gasteiger partial charge on any atom is -0.503 e. The molecule has 0 saturated heterocycles. The summed E-state index contributed by atoms with van der Waals surface area (Å²) in [5.74, 6) is 0.833. The fourth-order valence-electron chi connectivity index (χ4n) is 1.61. The Labute approximate surface area is 113 Å². The highest BCUT2D eigenvalue weighted by Gasteiger charge is 2.14. The number of hydrogen-bond donors (Lipinski definition) is 2. The van der Waals surface area contributed by atoms with Gasteiger partial charge >= 0.3 is 0 Å². The summed E-state index contributed by atoms with van der Waals surface area (Å²) < 4.78 is 5.03. The molecule has 1 aromatic carbocycles. The lowest BCUT2D eigenvalue weighted by Gasteiger charge is -2.16. The predicted octanol–water partition coefficient (Wildman–Crippen LogP) is 3.52. The van der Waals surface area contributed by atoms with E-state index in [1.54, 1.807) is 12.1 Å². The molecule has 0 radical (unpaired) electrons. The number of aromatic hydroxyl groups is 1. The molecule has 0 bridgehead atoms. The topological polar surface area (TPSA) is 55.5 Å². The second kappa shape index (κ2) is 6.94. The predicted molar refractivity (Wildman–Crippen MR) is 73.3 cm³/mol. The number of benzene rings is 1. The smallest absolute Gasteiger partial charge is 0.176 e. The van der Waals surface area contributed by atoms with E-state index in [4.69, 9.17) is 22.1 Å². The number of rotatable bonds is 4. The third-order valence-electron chi connectivity index (χ3n) is 2.42. The van der Waals surface area contributed by atoms with Crippen molar-refractivity contribution in [1.29, 1.82) is 0 Å². The summed E-state index contributed by atoms with van der Waals surface area (Å²) in [5.41, 5.74) is 6.93. The van der Waals surface area contributed by atoms with Crippen LogP contribution in [-0.2, 0) is 0 Å². The number of phenols is 1. The highest BCUT2D eigenvalue weighted by Crippen LogP contribution is 2.37. The van der Waals surface area contributed by atoms with Gasteiger partial charge < -0.3 is 15.6 Å². The summed E-state index contributed by atoms with van der Waals surface area (Å²) >= 11 is 5.89. The third kappa shape index (κ3) is 4.26. The Morgan fingerprint density at radius 2 is 2.00 bits per heavy atom. The summed E-state index contributed by atoms with van der Waals surface area (Å²) in [6.45, 7) is 4.22. The van der Waals surface area contributed by atoms with Gasteiger partial charge in [-0.1, -0.05) is 25.4 Å². The largest absolute Gasteiger partial charge is 0.503 e. The van der Waals surface area contributed by atoms with Crippen molar-refractivity contribution in [3.8, 4) is 11.5 Å². The van der Waals surface area contributed by atoms with E-state index in [0.29, 0.717) is 11.7 Å². The van der Waals surface area contributed by atoms with Crippen LogP contribution >= 0.6 is 24.0 Å². The molecule has 0 aromatic heterocycles. The first kappa shape index (κ1) is 16.4. The molecular weight excluding hydrogens is 261 g/mol. The average molecular weight is 280 g/mol. The van der Waals surface area contributed by atoms with Crippen LogP contribution in [0.15, 0.2) is 12.1 Å². The van der Waals surface area contributed by atoms with Crippen LogP contribution in [0.1, 0.15) is 31.9 Å². The fraction of sp³-hybridized carbons (Fsp3) is 0.500. The third-order valence-corrected chi connectivity index (χ3v) is 2.71. The second-order valence-electron chi connectivity index (χ2n) is 4.29. The first-order valence-corrected chi connectivity index (χ1v) is 5.65. The van der Waals surface area contributed by atoms with Gasteiger partial charge in [0.05, 0.1) is 12.1 Å². The molecule has 0 saturated carbocycles. The van der Waals surface area contributed by atoms with Crippen molar-refractivity contribution in [1.82, 2.24) is 0 Å². The zero-order chi connectivity index (χ0) is 12.3. The van der Waals surface area contributed by atoms with Crippen molar-refractivity contribution in [3.05, 3.63) is 22.7 Å². The maximum absolute atomic E-state index is 9.59. The summed E-state index contributed by atoms with van der Waals surface area (Å²) in [5, 5.41) is 9.86. The Balaban J connectivity index is 0.00000256. The fourth-order valence-corrected chi connectivity index (χ4v) is 1.83. The van der Waals surface area contributed by atoms with Gasteiger partial charge in [-0.15, -0.1) is 12.4 Å². The number of ether oxygens (including phenoxy) is 1. The first-order chi connectivity index (χ1) is 7.45. The standard InChI is InChI=1S/C12H18ClNO2.ClH/c1-7(2)4-10(14)8-5-9(13)12(15)11(6-8)16-3;/h5-7,10,15H,4,14H2,1-3H3;1H/t10-;/m1./s1. The molecule has 98 valence electrons. The van der Waals surface area contributed by atoms with E-state index in [2.05, 4.69) is 13.8 Å². The van der Waals surface area contributed by atoms with Gasteiger partial charge in [0, 0.05) is 6.04 Å². The highest BCUT2D eigenvalue weighted by molar-refractivity contribution is 6.32. The Morgan fingerprint density at radius 3 is 2.47 bits per heavy atom. The van der Waals surface area contributed by atoms with Gasteiger partial charge in [-0.25, -0.2) is 0 Å². The second-order valence-corrected chi connectivity index (χ2v) is 4.70. The highest BCUT2D eigenvalue weighted by atomic mass is 35.5. The molecular formula is C12H19Cl2NO2. The zero-order valence-corrected chi connectivity index (χ0v) is 11.8. The van der Waals surface area contributed by atoms with E-state index in [1.165, 1.54) is 7.11 Å². The molecule has 0 aliphatic carbocycles. The van der Waals surface area contributed by atoms with Crippen LogP contribution in [-0.4, -0.2) is 12.2 Å². The van der Waals surface area contributed by atoms with Crippen LogP contribution in [0.3, 0.4) is 0 Å². The van der Waals surface area contributed by atoms with E-state index in [-0.39, 0.29) is 29.2 Å². The minimum absolute atomic E-state index is 0. The molecule has 0 aliphatic heterocycles. The molecule has 5 heteroatoms. The minimum atomic E-state index is -0.0907. The van der Waals surface area contributed by atoms with Crippen LogP contribution in [0.2, 0.25) is 5.02 Å². The monoisotopic (exact) mass is 279 g/mol. The molecule has 1 aromatic rings. The van der Waals surface area contributed by atoms with Gasteiger partial charge in [-0.2, -0.15) is 0 Å².